The zero-order chi connectivity index (χ0) is 8.43. The van der Waals surface area contributed by atoms with Gasteiger partial charge in [0, 0.05) is 4.47 Å². The van der Waals surface area contributed by atoms with E-state index in [0.29, 0.717) is 4.47 Å². The van der Waals surface area contributed by atoms with E-state index in [1.165, 1.54) is 12.1 Å². The highest BCUT2D eigenvalue weighted by atomic mass is 79.9. The van der Waals surface area contributed by atoms with Crippen LogP contribution in [-0.4, -0.2) is 5.84 Å². The molecule has 0 heterocycles. The lowest BCUT2D eigenvalue weighted by atomic mass is 10.2. The minimum absolute atomic E-state index is 0. The van der Waals surface area contributed by atoms with Crippen molar-refractivity contribution in [1.82, 2.24) is 0 Å². The second-order valence-corrected chi connectivity index (χ2v) is 2.95. The van der Waals surface area contributed by atoms with Crippen molar-refractivity contribution in [2.75, 3.05) is 0 Å². The molecule has 0 aromatic heterocycles. The van der Waals surface area contributed by atoms with Gasteiger partial charge in [-0.05, 0) is 18.2 Å². The molecule has 0 unspecified atom stereocenters. The van der Waals surface area contributed by atoms with Crippen LogP contribution < -0.4 is 5.73 Å². The number of amidine groups is 1. The van der Waals surface area contributed by atoms with E-state index in [4.69, 9.17) is 11.1 Å². The number of nitrogen functional groups attached to an aromatic ring is 1. The number of nitrogens with one attached hydrogen (secondary N) is 1. The van der Waals surface area contributed by atoms with Gasteiger partial charge in [0.05, 0.1) is 5.56 Å². The first kappa shape index (κ1) is 11.4. The molecule has 0 aliphatic carbocycles. The maximum Gasteiger partial charge on any atom is 0.135 e. The van der Waals surface area contributed by atoms with Crippen LogP contribution in [0.25, 0.3) is 0 Å². The van der Waals surface area contributed by atoms with Crippen molar-refractivity contribution in [1.29, 1.82) is 5.41 Å². The van der Waals surface area contributed by atoms with Crippen LogP contribution >= 0.6 is 28.3 Å². The quantitative estimate of drug-likeness (QED) is 0.585. The molecule has 3 N–H and O–H groups in total. The highest BCUT2D eigenvalue weighted by Gasteiger charge is 2.03. The number of benzene rings is 1. The second-order valence-electron chi connectivity index (χ2n) is 2.04. The molecular formula is C7H7BrClFN2. The van der Waals surface area contributed by atoms with Gasteiger partial charge >= 0.3 is 0 Å². The van der Waals surface area contributed by atoms with E-state index in [1.807, 2.05) is 0 Å². The molecule has 1 aromatic rings. The molecule has 0 saturated heterocycles. The van der Waals surface area contributed by atoms with Crippen LogP contribution in [0.2, 0.25) is 0 Å². The Morgan fingerprint density at radius 3 is 2.50 bits per heavy atom. The van der Waals surface area contributed by atoms with Gasteiger partial charge in [-0.25, -0.2) is 4.39 Å². The highest BCUT2D eigenvalue weighted by molar-refractivity contribution is 9.10. The fraction of sp³-hybridized carbons (Fsp3) is 0. The molecule has 0 radical (unpaired) electrons. The van der Waals surface area contributed by atoms with Crippen molar-refractivity contribution in [3.8, 4) is 0 Å². The maximum absolute atomic E-state index is 12.9. The van der Waals surface area contributed by atoms with E-state index in [0.717, 1.165) is 0 Å². The van der Waals surface area contributed by atoms with Crippen LogP contribution in [0.4, 0.5) is 4.39 Å². The Morgan fingerprint density at radius 1 is 1.50 bits per heavy atom. The normalized spacial score (nSPS) is 8.83. The molecule has 2 nitrogen and oxygen atoms in total. The summed E-state index contributed by atoms with van der Waals surface area (Å²) < 4.78 is 13.5. The highest BCUT2D eigenvalue weighted by Crippen LogP contribution is 2.14. The van der Waals surface area contributed by atoms with Crippen LogP contribution in [0.5, 0.6) is 0 Å². The summed E-state index contributed by atoms with van der Waals surface area (Å²) >= 11 is 3.09. The Hall–Kier alpha value is -0.610. The Bertz CT molecular complexity index is 303. The van der Waals surface area contributed by atoms with Crippen molar-refractivity contribution < 1.29 is 4.39 Å². The van der Waals surface area contributed by atoms with Gasteiger partial charge < -0.3 is 5.73 Å². The van der Waals surface area contributed by atoms with E-state index in [1.54, 1.807) is 6.07 Å². The van der Waals surface area contributed by atoms with Crippen molar-refractivity contribution in [3.63, 3.8) is 0 Å². The summed E-state index contributed by atoms with van der Waals surface area (Å²) in [6.45, 7) is 0. The summed E-state index contributed by atoms with van der Waals surface area (Å²) in [5.41, 5.74) is 5.23. The molecule has 0 atom stereocenters. The first-order valence-electron chi connectivity index (χ1n) is 2.90. The number of halogens is 3. The lowest BCUT2D eigenvalue weighted by molar-refractivity contribution is 0.624. The lowest BCUT2D eigenvalue weighted by Gasteiger charge is -1.99. The molecule has 0 aliphatic rings. The molecular weight excluding hydrogens is 246 g/mol. The van der Waals surface area contributed by atoms with Gasteiger partial charge in [-0.3, -0.25) is 5.41 Å². The molecule has 0 saturated carbocycles. The lowest BCUT2D eigenvalue weighted by Crippen LogP contribution is -2.12. The van der Waals surface area contributed by atoms with Gasteiger partial charge in [-0.15, -0.1) is 12.4 Å². The van der Waals surface area contributed by atoms with Crippen LogP contribution in [0, 0.1) is 11.2 Å². The Morgan fingerprint density at radius 2 is 2.08 bits per heavy atom. The monoisotopic (exact) mass is 252 g/mol. The minimum atomic E-state index is -0.480. The molecule has 0 aliphatic heterocycles. The fourth-order valence-electron chi connectivity index (χ4n) is 0.708. The number of hydrogen-bond acceptors (Lipinski definition) is 1. The Labute approximate surface area is 84.0 Å². The zero-order valence-electron chi connectivity index (χ0n) is 5.97. The van der Waals surface area contributed by atoms with E-state index in [2.05, 4.69) is 15.9 Å². The summed E-state index contributed by atoms with van der Waals surface area (Å²) in [6, 6.07) is 4.37. The predicted octanol–water partition coefficient (Wildman–Crippen LogP) is 2.29. The second kappa shape index (κ2) is 4.42. The van der Waals surface area contributed by atoms with E-state index < -0.39 is 5.82 Å². The van der Waals surface area contributed by atoms with Gasteiger partial charge in [0.1, 0.15) is 11.7 Å². The summed E-state index contributed by atoms with van der Waals surface area (Å²) in [5.74, 6) is -0.734. The third kappa shape index (κ3) is 2.46. The first-order valence-corrected chi connectivity index (χ1v) is 3.70. The Balaban J connectivity index is 0.00000121. The molecule has 12 heavy (non-hydrogen) atoms. The molecule has 66 valence electrons. The third-order valence-corrected chi connectivity index (χ3v) is 1.71. The van der Waals surface area contributed by atoms with Crippen LogP contribution in [0.3, 0.4) is 0 Å². The Kier molecular flexibility index (Phi) is 4.20. The van der Waals surface area contributed by atoms with E-state index in [-0.39, 0.29) is 23.8 Å². The third-order valence-electron chi connectivity index (χ3n) is 1.22. The summed E-state index contributed by atoms with van der Waals surface area (Å²) in [6.07, 6.45) is 0. The first-order chi connectivity index (χ1) is 5.11. The van der Waals surface area contributed by atoms with E-state index >= 15 is 0 Å². The maximum atomic E-state index is 12.9. The standard InChI is InChI=1S/C7H6BrFN2.ClH/c8-4-1-2-5(7(10)11)6(9)3-4;/h1-3H,(H3,10,11);1H. The SMILES string of the molecule is Cl.N=C(N)c1ccc(Br)cc1F. The van der Waals surface area contributed by atoms with Crippen LogP contribution in [-0.2, 0) is 0 Å². The van der Waals surface area contributed by atoms with Gasteiger partial charge in [0.25, 0.3) is 0 Å². The van der Waals surface area contributed by atoms with Gasteiger partial charge in [-0.1, -0.05) is 15.9 Å². The topological polar surface area (TPSA) is 49.9 Å². The molecule has 1 aromatic carbocycles. The van der Waals surface area contributed by atoms with Crippen molar-refractivity contribution in [3.05, 3.63) is 34.1 Å². The fourth-order valence-corrected chi connectivity index (χ4v) is 1.04. The number of rotatable bonds is 1. The van der Waals surface area contributed by atoms with Crippen molar-refractivity contribution in [2.45, 2.75) is 0 Å². The largest absolute Gasteiger partial charge is 0.384 e. The smallest absolute Gasteiger partial charge is 0.135 e. The number of hydrogen-bond donors (Lipinski definition) is 2. The molecule has 1 rings (SSSR count). The summed E-state index contributed by atoms with van der Waals surface area (Å²) in [4.78, 5) is 0. The zero-order valence-corrected chi connectivity index (χ0v) is 8.38. The molecule has 5 heteroatoms. The summed E-state index contributed by atoms with van der Waals surface area (Å²) in [5, 5.41) is 6.97. The average Bonchev–Trinajstić information content (AvgIpc) is 1.85. The van der Waals surface area contributed by atoms with Crippen LogP contribution in [0.15, 0.2) is 22.7 Å². The predicted molar refractivity (Wildman–Crippen MR) is 52.4 cm³/mol. The minimum Gasteiger partial charge on any atom is -0.384 e. The average molecular weight is 254 g/mol. The molecule has 0 bridgehead atoms. The van der Waals surface area contributed by atoms with Crippen molar-refractivity contribution in [2.24, 2.45) is 5.73 Å². The van der Waals surface area contributed by atoms with Gasteiger partial charge in [-0.2, -0.15) is 0 Å². The molecule has 0 amide bonds. The van der Waals surface area contributed by atoms with Crippen LogP contribution in [0.1, 0.15) is 5.56 Å². The van der Waals surface area contributed by atoms with Crippen molar-refractivity contribution >= 4 is 34.2 Å². The van der Waals surface area contributed by atoms with Gasteiger partial charge in [0.15, 0.2) is 0 Å². The van der Waals surface area contributed by atoms with E-state index in [9.17, 15) is 4.39 Å². The molecule has 0 fully saturated rings. The molecule has 0 spiro atoms. The van der Waals surface area contributed by atoms with Gasteiger partial charge in [0.2, 0.25) is 0 Å². The summed E-state index contributed by atoms with van der Waals surface area (Å²) in [7, 11) is 0. The number of nitrogens with two attached hydrogens (primary N) is 1.